The molecular formula is C18H28OS. The van der Waals surface area contributed by atoms with Gasteiger partial charge >= 0.3 is 0 Å². The van der Waals surface area contributed by atoms with E-state index < -0.39 is 0 Å². The Bertz CT molecular complexity index is 444. The van der Waals surface area contributed by atoms with E-state index in [2.05, 4.69) is 39.8 Å². The van der Waals surface area contributed by atoms with Gasteiger partial charge in [0.1, 0.15) is 5.78 Å². The lowest BCUT2D eigenvalue weighted by Crippen LogP contribution is -2.29. The molecule has 0 aliphatic heterocycles. The standard InChI is InChI=1S/C18H28OS/c1-5-15-10-11-16(20-15)12-17(19)13-6-8-14(9-7-13)18(2,3)4/h10-11,13-14H,5-9,12H2,1-4H3. The summed E-state index contributed by atoms with van der Waals surface area (Å²) in [7, 11) is 0. The molecule has 0 atom stereocenters. The summed E-state index contributed by atoms with van der Waals surface area (Å²) in [6, 6.07) is 4.31. The molecule has 0 unspecified atom stereocenters. The van der Waals surface area contributed by atoms with Crippen molar-refractivity contribution in [3.8, 4) is 0 Å². The third-order valence-electron chi connectivity index (χ3n) is 4.82. The molecule has 0 spiro atoms. The maximum atomic E-state index is 12.4. The van der Waals surface area contributed by atoms with E-state index >= 15 is 0 Å². The summed E-state index contributed by atoms with van der Waals surface area (Å²) in [6.07, 6.45) is 6.40. The van der Waals surface area contributed by atoms with Gasteiger partial charge in [-0.1, -0.05) is 27.7 Å². The van der Waals surface area contributed by atoms with Gasteiger partial charge in [0, 0.05) is 22.1 Å². The number of aryl methyl sites for hydroxylation is 1. The van der Waals surface area contributed by atoms with Crippen molar-refractivity contribution in [2.75, 3.05) is 0 Å². The van der Waals surface area contributed by atoms with Gasteiger partial charge in [-0.3, -0.25) is 4.79 Å². The van der Waals surface area contributed by atoms with Crippen molar-refractivity contribution in [2.24, 2.45) is 17.3 Å². The number of thiophene rings is 1. The minimum atomic E-state index is 0.320. The van der Waals surface area contributed by atoms with Crippen LogP contribution in [0, 0.1) is 17.3 Å². The SMILES string of the molecule is CCc1ccc(CC(=O)C2CCC(C(C)(C)C)CC2)s1. The largest absolute Gasteiger partial charge is 0.299 e. The average molecular weight is 292 g/mol. The quantitative estimate of drug-likeness (QED) is 0.738. The van der Waals surface area contributed by atoms with Gasteiger partial charge in [-0.15, -0.1) is 11.3 Å². The van der Waals surface area contributed by atoms with Crippen LogP contribution in [0.1, 0.15) is 63.1 Å². The van der Waals surface area contributed by atoms with Crippen molar-refractivity contribution in [3.63, 3.8) is 0 Å². The highest BCUT2D eigenvalue weighted by molar-refractivity contribution is 7.12. The number of carbonyl (C=O) groups is 1. The van der Waals surface area contributed by atoms with E-state index in [1.807, 2.05) is 11.3 Å². The fourth-order valence-corrected chi connectivity index (χ4v) is 4.27. The minimum Gasteiger partial charge on any atom is -0.299 e. The van der Waals surface area contributed by atoms with E-state index in [4.69, 9.17) is 0 Å². The molecule has 0 N–H and O–H groups in total. The molecule has 1 aromatic heterocycles. The van der Waals surface area contributed by atoms with E-state index in [0.717, 1.165) is 25.2 Å². The molecule has 0 amide bonds. The first-order chi connectivity index (χ1) is 9.40. The van der Waals surface area contributed by atoms with E-state index in [9.17, 15) is 4.79 Å². The Labute approximate surface area is 127 Å². The molecule has 112 valence electrons. The highest BCUT2D eigenvalue weighted by atomic mass is 32.1. The van der Waals surface area contributed by atoms with Gasteiger partial charge in [0.15, 0.2) is 0 Å². The Morgan fingerprint density at radius 2 is 1.75 bits per heavy atom. The molecule has 1 heterocycles. The van der Waals surface area contributed by atoms with Gasteiger partial charge in [-0.25, -0.2) is 0 Å². The van der Waals surface area contributed by atoms with E-state index in [1.165, 1.54) is 22.6 Å². The van der Waals surface area contributed by atoms with Crippen LogP contribution in [-0.4, -0.2) is 5.78 Å². The topological polar surface area (TPSA) is 17.1 Å². The fourth-order valence-electron chi connectivity index (χ4n) is 3.30. The molecule has 1 aliphatic rings. The highest BCUT2D eigenvalue weighted by Gasteiger charge is 2.32. The molecule has 0 bridgehead atoms. The number of hydrogen-bond donors (Lipinski definition) is 0. The second-order valence-electron chi connectivity index (χ2n) is 7.28. The van der Waals surface area contributed by atoms with Gasteiger partial charge in [-0.05, 0) is 55.6 Å². The summed E-state index contributed by atoms with van der Waals surface area (Å²) >= 11 is 1.81. The van der Waals surface area contributed by atoms with E-state index in [0.29, 0.717) is 23.5 Å². The Morgan fingerprint density at radius 1 is 1.15 bits per heavy atom. The third-order valence-corrected chi connectivity index (χ3v) is 6.05. The smallest absolute Gasteiger partial charge is 0.141 e. The predicted molar refractivity (Wildman–Crippen MR) is 87.3 cm³/mol. The lowest BCUT2D eigenvalue weighted by molar-refractivity contribution is -0.123. The first kappa shape index (κ1) is 15.8. The molecule has 1 fully saturated rings. The van der Waals surface area contributed by atoms with Crippen LogP contribution >= 0.6 is 11.3 Å². The van der Waals surface area contributed by atoms with Crippen molar-refractivity contribution in [1.29, 1.82) is 0 Å². The number of carbonyl (C=O) groups excluding carboxylic acids is 1. The van der Waals surface area contributed by atoms with Crippen LogP contribution in [0.5, 0.6) is 0 Å². The van der Waals surface area contributed by atoms with Crippen LogP contribution < -0.4 is 0 Å². The molecule has 1 aliphatic carbocycles. The second kappa shape index (κ2) is 6.43. The van der Waals surface area contributed by atoms with Crippen LogP contribution in [-0.2, 0) is 17.6 Å². The highest BCUT2D eigenvalue weighted by Crippen LogP contribution is 2.40. The third kappa shape index (κ3) is 3.94. The van der Waals surface area contributed by atoms with Gasteiger partial charge in [0.05, 0.1) is 0 Å². The van der Waals surface area contributed by atoms with E-state index in [1.54, 1.807) is 0 Å². The normalized spacial score (nSPS) is 23.8. The summed E-state index contributed by atoms with van der Waals surface area (Å²) in [5, 5.41) is 0. The molecule has 1 saturated carbocycles. The fraction of sp³-hybridized carbons (Fsp3) is 0.722. The molecule has 2 rings (SSSR count). The van der Waals surface area contributed by atoms with Crippen LogP contribution in [0.4, 0.5) is 0 Å². The van der Waals surface area contributed by atoms with Crippen LogP contribution in [0.2, 0.25) is 0 Å². The first-order valence-electron chi connectivity index (χ1n) is 8.00. The average Bonchev–Trinajstić information content (AvgIpc) is 2.85. The number of rotatable bonds is 4. The van der Waals surface area contributed by atoms with Crippen LogP contribution in [0.15, 0.2) is 12.1 Å². The Hall–Kier alpha value is -0.630. The number of ketones is 1. The van der Waals surface area contributed by atoms with Crippen LogP contribution in [0.3, 0.4) is 0 Å². The maximum Gasteiger partial charge on any atom is 0.141 e. The summed E-state index contributed by atoms with van der Waals surface area (Å²) < 4.78 is 0. The lowest BCUT2D eigenvalue weighted by Gasteiger charge is -2.36. The van der Waals surface area contributed by atoms with Gasteiger partial charge in [-0.2, -0.15) is 0 Å². The van der Waals surface area contributed by atoms with Gasteiger partial charge < -0.3 is 0 Å². The summed E-state index contributed by atoms with van der Waals surface area (Å²) in [4.78, 5) is 15.1. The molecule has 20 heavy (non-hydrogen) atoms. The van der Waals surface area contributed by atoms with Crippen LogP contribution in [0.25, 0.3) is 0 Å². The number of Topliss-reactive ketones (excluding diaryl/α,β-unsaturated/α-hetero) is 1. The summed E-state index contributed by atoms with van der Waals surface area (Å²) in [5.74, 6) is 1.59. The Kier molecular flexibility index (Phi) is 5.06. The van der Waals surface area contributed by atoms with Crippen molar-refractivity contribution >= 4 is 17.1 Å². The minimum absolute atomic E-state index is 0.320. The van der Waals surface area contributed by atoms with Gasteiger partial charge in [0.25, 0.3) is 0 Å². The van der Waals surface area contributed by atoms with Crippen molar-refractivity contribution in [1.82, 2.24) is 0 Å². The predicted octanol–water partition coefficient (Wildman–Crippen LogP) is 5.27. The number of hydrogen-bond acceptors (Lipinski definition) is 2. The Balaban J connectivity index is 1.86. The van der Waals surface area contributed by atoms with Crippen molar-refractivity contribution in [3.05, 3.63) is 21.9 Å². The van der Waals surface area contributed by atoms with Gasteiger partial charge in [0.2, 0.25) is 0 Å². The van der Waals surface area contributed by atoms with Crippen molar-refractivity contribution in [2.45, 2.75) is 66.2 Å². The zero-order valence-corrected chi connectivity index (χ0v) is 14.2. The maximum absolute atomic E-state index is 12.4. The molecular weight excluding hydrogens is 264 g/mol. The summed E-state index contributed by atoms with van der Waals surface area (Å²) in [6.45, 7) is 9.17. The Morgan fingerprint density at radius 3 is 2.25 bits per heavy atom. The molecule has 0 radical (unpaired) electrons. The molecule has 0 aromatic carbocycles. The lowest BCUT2D eigenvalue weighted by atomic mass is 9.69. The first-order valence-corrected chi connectivity index (χ1v) is 8.82. The molecule has 0 saturated heterocycles. The molecule has 1 aromatic rings. The van der Waals surface area contributed by atoms with E-state index in [-0.39, 0.29) is 0 Å². The second-order valence-corrected chi connectivity index (χ2v) is 8.53. The molecule has 2 heteroatoms. The molecule has 1 nitrogen and oxygen atoms in total. The zero-order valence-electron chi connectivity index (χ0n) is 13.4. The van der Waals surface area contributed by atoms with Crippen molar-refractivity contribution < 1.29 is 4.79 Å². The zero-order chi connectivity index (χ0) is 14.8. The summed E-state index contributed by atoms with van der Waals surface area (Å²) in [5.41, 5.74) is 0.401. The monoisotopic (exact) mass is 292 g/mol.